The summed E-state index contributed by atoms with van der Waals surface area (Å²) in [6.07, 6.45) is 7.92. The SMILES string of the molecule is CC1OCCC1Nc1nccn1C1CC1. The first kappa shape index (κ1) is 9.21. The summed E-state index contributed by atoms with van der Waals surface area (Å²) in [7, 11) is 0. The third-order valence-electron chi connectivity index (χ3n) is 3.30. The number of imidazole rings is 1. The van der Waals surface area contributed by atoms with Crippen LogP contribution in [0.5, 0.6) is 0 Å². The normalized spacial score (nSPS) is 30.7. The Morgan fingerprint density at radius 3 is 3.00 bits per heavy atom. The second-order valence-corrected chi connectivity index (χ2v) is 4.50. The van der Waals surface area contributed by atoms with Gasteiger partial charge in [-0.3, -0.25) is 0 Å². The van der Waals surface area contributed by atoms with E-state index in [1.54, 1.807) is 0 Å². The van der Waals surface area contributed by atoms with E-state index in [4.69, 9.17) is 4.74 Å². The number of rotatable bonds is 3. The number of nitrogens with zero attached hydrogens (tertiary/aromatic N) is 2. The van der Waals surface area contributed by atoms with Gasteiger partial charge < -0.3 is 14.6 Å². The first-order valence-corrected chi connectivity index (χ1v) is 5.75. The molecule has 82 valence electrons. The Bertz CT molecular complexity index is 345. The fourth-order valence-corrected chi connectivity index (χ4v) is 2.16. The van der Waals surface area contributed by atoms with Gasteiger partial charge in [-0.15, -0.1) is 0 Å². The summed E-state index contributed by atoms with van der Waals surface area (Å²) < 4.78 is 7.79. The molecule has 0 bridgehead atoms. The zero-order chi connectivity index (χ0) is 10.3. The molecule has 15 heavy (non-hydrogen) atoms. The minimum absolute atomic E-state index is 0.300. The van der Waals surface area contributed by atoms with Crippen molar-refractivity contribution in [2.75, 3.05) is 11.9 Å². The molecule has 1 aliphatic carbocycles. The lowest BCUT2D eigenvalue weighted by molar-refractivity contribution is 0.121. The van der Waals surface area contributed by atoms with Crippen LogP contribution in [-0.2, 0) is 4.74 Å². The Morgan fingerprint density at radius 2 is 2.33 bits per heavy atom. The van der Waals surface area contributed by atoms with Crippen LogP contribution in [0.25, 0.3) is 0 Å². The molecule has 1 aromatic rings. The van der Waals surface area contributed by atoms with E-state index >= 15 is 0 Å². The number of hydrogen-bond donors (Lipinski definition) is 1. The van der Waals surface area contributed by atoms with Crippen LogP contribution in [-0.4, -0.2) is 28.3 Å². The zero-order valence-electron chi connectivity index (χ0n) is 9.02. The molecule has 1 aliphatic heterocycles. The minimum Gasteiger partial charge on any atom is -0.376 e. The van der Waals surface area contributed by atoms with Crippen molar-refractivity contribution >= 4 is 5.95 Å². The zero-order valence-corrected chi connectivity index (χ0v) is 9.02. The number of ether oxygens (including phenoxy) is 1. The molecule has 2 fully saturated rings. The number of hydrogen-bond acceptors (Lipinski definition) is 3. The maximum atomic E-state index is 5.53. The van der Waals surface area contributed by atoms with Crippen LogP contribution in [0.2, 0.25) is 0 Å². The molecule has 2 unspecified atom stereocenters. The average molecular weight is 207 g/mol. The van der Waals surface area contributed by atoms with Gasteiger partial charge in [0.05, 0.1) is 12.1 Å². The molecule has 2 heterocycles. The lowest BCUT2D eigenvalue weighted by Crippen LogP contribution is -2.28. The predicted molar refractivity (Wildman–Crippen MR) is 57.9 cm³/mol. The van der Waals surface area contributed by atoms with Crippen molar-refractivity contribution in [3.05, 3.63) is 12.4 Å². The summed E-state index contributed by atoms with van der Waals surface area (Å²) in [5.41, 5.74) is 0. The van der Waals surface area contributed by atoms with E-state index in [1.165, 1.54) is 12.8 Å². The highest BCUT2D eigenvalue weighted by atomic mass is 16.5. The predicted octanol–water partition coefficient (Wildman–Crippen LogP) is 1.81. The third kappa shape index (κ3) is 1.74. The van der Waals surface area contributed by atoms with Gasteiger partial charge >= 0.3 is 0 Å². The Hall–Kier alpha value is -1.03. The molecule has 1 N–H and O–H groups in total. The van der Waals surface area contributed by atoms with Gasteiger partial charge in [0.25, 0.3) is 0 Å². The number of aromatic nitrogens is 2. The monoisotopic (exact) mass is 207 g/mol. The lowest BCUT2D eigenvalue weighted by atomic mass is 10.2. The van der Waals surface area contributed by atoms with Gasteiger partial charge in [0, 0.05) is 25.0 Å². The van der Waals surface area contributed by atoms with Crippen molar-refractivity contribution in [3.63, 3.8) is 0 Å². The molecule has 4 nitrogen and oxygen atoms in total. The molecule has 2 aliphatic rings. The van der Waals surface area contributed by atoms with Crippen molar-refractivity contribution in [2.24, 2.45) is 0 Å². The molecule has 0 aromatic carbocycles. The molecule has 0 amide bonds. The smallest absolute Gasteiger partial charge is 0.203 e. The minimum atomic E-state index is 0.300. The average Bonchev–Trinajstić information content (AvgIpc) is 2.85. The standard InChI is InChI=1S/C11H17N3O/c1-8-10(4-7-15-8)13-11-12-5-6-14(11)9-2-3-9/h5-6,8-10H,2-4,7H2,1H3,(H,12,13). The first-order valence-electron chi connectivity index (χ1n) is 5.75. The summed E-state index contributed by atoms with van der Waals surface area (Å²) in [5, 5.41) is 3.49. The molecule has 2 atom stereocenters. The Labute approximate surface area is 89.6 Å². The fourth-order valence-electron chi connectivity index (χ4n) is 2.16. The van der Waals surface area contributed by atoms with Gasteiger partial charge in [-0.05, 0) is 26.2 Å². The lowest BCUT2D eigenvalue weighted by Gasteiger charge is -2.17. The van der Waals surface area contributed by atoms with E-state index in [1.807, 2.05) is 6.20 Å². The van der Waals surface area contributed by atoms with Crippen LogP contribution >= 0.6 is 0 Å². The molecular formula is C11H17N3O. The van der Waals surface area contributed by atoms with E-state index in [9.17, 15) is 0 Å². The van der Waals surface area contributed by atoms with Crippen LogP contribution in [0, 0.1) is 0 Å². The summed E-state index contributed by atoms with van der Waals surface area (Å²) >= 11 is 0. The molecule has 1 saturated carbocycles. The molecule has 4 heteroatoms. The van der Waals surface area contributed by atoms with Gasteiger partial charge in [0.1, 0.15) is 0 Å². The molecule has 3 rings (SSSR count). The highest BCUT2D eigenvalue weighted by Gasteiger charge is 2.29. The maximum absolute atomic E-state index is 5.53. The summed E-state index contributed by atoms with van der Waals surface area (Å²) in [6, 6.07) is 1.11. The van der Waals surface area contributed by atoms with Gasteiger partial charge in [-0.1, -0.05) is 0 Å². The highest BCUT2D eigenvalue weighted by Crippen LogP contribution is 2.37. The number of anilines is 1. The van der Waals surface area contributed by atoms with Crippen molar-refractivity contribution in [1.29, 1.82) is 0 Å². The second kappa shape index (κ2) is 3.52. The van der Waals surface area contributed by atoms with Crippen molar-refractivity contribution in [1.82, 2.24) is 9.55 Å². The van der Waals surface area contributed by atoms with Crippen LogP contribution in [0.3, 0.4) is 0 Å². The summed E-state index contributed by atoms with van der Waals surface area (Å²) in [6.45, 7) is 2.98. The van der Waals surface area contributed by atoms with Gasteiger partial charge in [-0.2, -0.15) is 0 Å². The Kier molecular flexibility index (Phi) is 2.16. The second-order valence-electron chi connectivity index (χ2n) is 4.50. The molecule has 1 aromatic heterocycles. The van der Waals surface area contributed by atoms with Crippen molar-refractivity contribution < 1.29 is 4.74 Å². The van der Waals surface area contributed by atoms with Crippen LogP contribution in [0.1, 0.15) is 32.2 Å². The third-order valence-corrected chi connectivity index (χ3v) is 3.30. The van der Waals surface area contributed by atoms with Crippen molar-refractivity contribution in [3.8, 4) is 0 Å². The van der Waals surface area contributed by atoms with E-state index in [2.05, 4.69) is 28.0 Å². The van der Waals surface area contributed by atoms with Crippen LogP contribution in [0.15, 0.2) is 12.4 Å². The molecule has 0 radical (unpaired) electrons. The highest BCUT2D eigenvalue weighted by molar-refractivity contribution is 5.30. The van der Waals surface area contributed by atoms with Crippen LogP contribution < -0.4 is 5.32 Å². The maximum Gasteiger partial charge on any atom is 0.203 e. The quantitative estimate of drug-likeness (QED) is 0.821. The van der Waals surface area contributed by atoms with Crippen molar-refractivity contribution in [2.45, 2.75) is 44.4 Å². The fraction of sp³-hybridized carbons (Fsp3) is 0.727. The summed E-state index contributed by atoms with van der Waals surface area (Å²) in [4.78, 5) is 4.37. The van der Waals surface area contributed by atoms with E-state index < -0.39 is 0 Å². The van der Waals surface area contributed by atoms with Gasteiger partial charge in [0.2, 0.25) is 5.95 Å². The van der Waals surface area contributed by atoms with Gasteiger partial charge in [-0.25, -0.2) is 4.98 Å². The van der Waals surface area contributed by atoms with E-state index in [-0.39, 0.29) is 0 Å². The van der Waals surface area contributed by atoms with E-state index in [0.29, 0.717) is 18.2 Å². The summed E-state index contributed by atoms with van der Waals surface area (Å²) in [5.74, 6) is 1.01. The Balaban J connectivity index is 1.72. The van der Waals surface area contributed by atoms with Crippen LogP contribution in [0.4, 0.5) is 5.95 Å². The largest absolute Gasteiger partial charge is 0.376 e. The topological polar surface area (TPSA) is 39.1 Å². The molecular weight excluding hydrogens is 190 g/mol. The molecule has 0 spiro atoms. The van der Waals surface area contributed by atoms with Gasteiger partial charge in [0.15, 0.2) is 0 Å². The first-order chi connectivity index (χ1) is 7.34. The molecule has 1 saturated heterocycles. The van der Waals surface area contributed by atoms with E-state index in [0.717, 1.165) is 19.0 Å². The Morgan fingerprint density at radius 1 is 1.47 bits per heavy atom. The number of nitrogens with one attached hydrogen (secondary N) is 1.